The Kier molecular flexibility index (Phi) is 10.3. The Morgan fingerprint density at radius 3 is 2.31 bits per heavy atom. The van der Waals surface area contributed by atoms with Gasteiger partial charge >= 0.3 is 5.97 Å². The highest BCUT2D eigenvalue weighted by Gasteiger charge is 2.35. The lowest BCUT2D eigenvalue weighted by molar-refractivity contribution is -0.150. The highest BCUT2D eigenvalue weighted by molar-refractivity contribution is 9.10. The molecule has 7 nitrogen and oxygen atoms in total. The summed E-state index contributed by atoms with van der Waals surface area (Å²) in [4.78, 5) is 36.9. The van der Waals surface area contributed by atoms with Gasteiger partial charge in [-0.25, -0.2) is 4.79 Å². The van der Waals surface area contributed by atoms with Gasteiger partial charge < -0.3 is 20.1 Å². The van der Waals surface area contributed by atoms with E-state index >= 15 is 0 Å². The Hall–Kier alpha value is -1.93. The molecule has 0 spiro atoms. The van der Waals surface area contributed by atoms with Gasteiger partial charge in [-0.3, -0.25) is 9.59 Å². The maximum absolute atomic E-state index is 12.7. The van der Waals surface area contributed by atoms with Crippen molar-refractivity contribution in [1.29, 1.82) is 0 Å². The minimum absolute atomic E-state index is 0.0451. The monoisotopic (exact) mass is 470 g/mol. The van der Waals surface area contributed by atoms with Gasteiger partial charge in [0.2, 0.25) is 11.8 Å². The van der Waals surface area contributed by atoms with E-state index in [-0.39, 0.29) is 25.0 Å². The van der Waals surface area contributed by atoms with Gasteiger partial charge in [0.05, 0.1) is 24.6 Å². The molecule has 1 unspecified atom stereocenters. The van der Waals surface area contributed by atoms with Crippen molar-refractivity contribution < 1.29 is 23.9 Å². The van der Waals surface area contributed by atoms with Crippen LogP contribution in [0.25, 0.3) is 0 Å². The first-order chi connectivity index (χ1) is 13.6. The van der Waals surface area contributed by atoms with E-state index in [1.54, 1.807) is 20.8 Å². The summed E-state index contributed by atoms with van der Waals surface area (Å²) in [6, 6.07) is 8.51. The zero-order valence-corrected chi connectivity index (χ0v) is 19.2. The largest absolute Gasteiger partial charge is 0.464 e. The topological polar surface area (TPSA) is 93.7 Å². The van der Waals surface area contributed by atoms with Crippen molar-refractivity contribution >= 4 is 33.7 Å². The fourth-order valence-electron chi connectivity index (χ4n) is 2.36. The summed E-state index contributed by atoms with van der Waals surface area (Å²) in [6.07, 6.45) is 0. The van der Waals surface area contributed by atoms with Crippen LogP contribution in [-0.4, -0.2) is 47.4 Å². The second-order valence-corrected chi connectivity index (χ2v) is 8.53. The van der Waals surface area contributed by atoms with Crippen LogP contribution in [0.4, 0.5) is 0 Å². The van der Waals surface area contributed by atoms with E-state index in [0.29, 0.717) is 6.61 Å². The molecule has 0 saturated carbocycles. The fourth-order valence-corrected chi connectivity index (χ4v) is 2.47. The minimum atomic E-state index is -1.22. The van der Waals surface area contributed by atoms with E-state index in [2.05, 4.69) is 26.6 Å². The van der Waals surface area contributed by atoms with Crippen LogP contribution in [0.2, 0.25) is 0 Å². The van der Waals surface area contributed by atoms with Gasteiger partial charge in [0.1, 0.15) is 5.54 Å². The maximum atomic E-state index is 12.7. The molecule has 1 aromatic rings. The Bertz CT molecular complexity index is 679. The first kappa shape index (κ1) is 25.1. The van der Waals surface area contributed by atoms with Gasteiger partial charge in [0.25, 0.3) is 0 Å². The third-order valence-corrected chi connectivity index (χ3v) is 5.58. The van der Waals surface area contributed by atoms with E-state index < -0.39 is 28.3 Å². The number of alkyl halides is 1. The number of ether oxygens (including phenoxy) is 2. The van der Waals surface area contributed by atoms with Crippen LogP contribution >= 0.6 is 15.9 Å². The van der Waals surface area contributed by atoms with Crippen molar-refractivity contribution in [3.05, 3.63) is 35.9 Å². The average Bonchev–Trinajstić information content (AvgIpc) is 2.66. The molecule has 2 amide bonds. The lowest BCUT2D eigenvalue weighted by Crippen LogP contribution is -2.60. The summed E-state index contributed by atoms with van der Waals surface area (Å²) in [5.41, 5.74) is -0.270. The van der Waals surface area contributed by atoms with Crippen LogP contribution in [-0.2, 0) is 30.5 Å². The fraction of sp³-hybridized carbons (Fsp3) is 0.571. The van der Waals surface area contributed by atoms with Crippen molar-refractivity contribution in [1.82, 2.24) is 10.6 Å². The van der Waals surface area contributed by atoms with Crippen LogP contribution in [0.1, 0.15) is 40.2 Å². The zero-order valence-electron chi connectivity index (χ0n) is 17.7. The minimum Gasteiger partial charge on any atom is -0.464 e. The molecule has 0 bridgehead atoms. The molecule has 0 aliphatic carbocycles. The Morgan fingerprint density at radius 1 is 1.14 bits per heavy atom. The molecule has 0 aromatic heterocycles. The molecule has 1 rings (SSSR count). The Labute approximate surface area is 181 Å². The molecule has 0 aliphatic heterocycles. The van der Waals surface area contributed by atoms with Crippen LogP contribution < -0.4 is 10.6 Å². The number of carbonyl (C=O) groups is 3. The van der Waals surface area contributed by atoms with Crippen molar-refractivity contribution in [2.75, 3.05) is 13.2 Å². The van der Waals surface area contributed by atoms with Gasteiger partial charge in [0, 0.05) is 0 Å². The second kappa shape index (κ2) is 11.9. The summed E-state index contributed by atoms with van der Waals surface area (Å²) >= 11 is 3.32. The molecule has 1 aromatic carbocycles. The molecule has 0 heterocycles. The molecule has 29 heavy (non-hydrogen) atoms. The highest BCUT2D eigenvalue weighted by Crippen LogP contribution is 2.14. The van der Waals surface area contributed by atoms with Gasteiger partial charge in [-0.15, -0.1) is 0 Å². The van der Waals surface area contributed by atoms with Gasteiger partial charge in [-0.1, -0.05) is 60.1 Å². The predicted octanol–water partition coefficient (Wildman–Crippen LogP) is 2.57. The van der Waals surface area contributed by atoms with E-state index in [1.165, 1.54) is 0 Å². The third-order valence-electron chi connectivity index (χ3n) is 4.11. The molecule has 2 N–H and O–H groups in total. The standard InChI is InChI=1S/C21H31BrN2O5/c1-6-29-19(26)16(13-28-12-15-10-8-7-9-11-15)23-20(27)21(4,5)24-18(25)17(22)14(2)3/h7-11,14,16-17H,6,12-13H2,1-5H3,(H,23,27)(H,24,25)/t16?,17-/m1/s1. The number of hydrogen-bond donors (Lipinski definition) is 2. The van der Waals surface area contributed by atoms with Crippen molar-refractivity contribution in [3.63, 3.8) is 0 Å². The number of carbonyl (C=O) groups excluding carboxylic acids is 3. The van der Waals surface area contributed by atoms with Gasteiger partial charge in [0.15, 0.2) is 6.04 Å². The molecule has 2 atom stereocenters. The third kappa shape index (κ3) is 8.53. The van der Waals surface area contributed by atoms with E-state index in [0.717, 1.165) is 5.56 Å². The van der Waals surface area contributed by atoms with Crippen LogP contribution in [0.5, 0.6) is 0 Å². The van der Waals surface area contributed by atoms with Crippen molar-refractivity contribution in [2.45, 2.75) is 57.6 Å². The van der Waals surface area contributed by atoms with Crippen LogP contribution in [0, 0.1) is 5.92 Å². The summed E-state index contributed by atoms with van der Waals surface area (Å²) in [5.74, 6) is -1.33. The number of rotatable bonds is 11. The number of hydrogen-bond acceptors (Lipinski definition) is 5. The summed E-state index contributed by atoms with van der Waals surface area (Å²) < 4.78 is 10.6. The number of esters is 1. The SMILES string of the molecule is CCOC(=O)C(COCc1ccccc1)NC(=O)C(C)(C)NC(=O)[C@H](Br)C(C)C. The first-order valence-corrected chi connectivity index (χ1v) is 10.6. The Balaban J connectivity index is 2.73. The number of benzene rings is 1. The molecule has 0 aliphatic rings. The highest BCUT2D eigenvalue weighted by atomic mass is 79.9. The van der Waals surface area contributed by atoms with Crippen molar-refractivity contribution in [3.8, 4) is 0 Å². The molecule has 0 saturated heterocycles. The molecular formula is C21H31BrN2O5. The van der Waals surface area contributed by atoms with Gasteiger partial charge in [-0.2, -0.15) is 0 Å². The predicted molar refractivity (Wildman–Crippen MR) is 114 cm³/mol. The molecular weight excluding hydrogens is 440 g/mol. The summed E-state index contributed by atoms with van der Waals surface area (Å²) in [5, 5.41) is 5.34. The normalized spacial score (nSPS) is 13.5. The summed E-state index contributed by atoms with van der Waals surface area (Å²) in [6.45, 7) is 9.07. The maximum Gasteiger partial charge on any atom is 0.331 e. The quantitative estimate of drug-likeness (QED) is 0.382. The van der Waals surface area contributed by atoms with Crippen LogP contribution in [0.15, 0.2) is 30.3 Å². The smallest absolute Gasteiger partial charge is 0.331 e. The lowest BCUT2D eigenvalue weighted by atomic mass is 10.0. The van der Waals surface area contributed by atoms with E-state index in [4.69, 9.17) is 9.47 Å². The number of amides is 2. The molecule has 8 heteroatoms. The number of nitrogens with one attached hydrogen (secondary N) is 2. The second-order valence-electron chi connectivity index (χ2n) is 7.54. The molecule has 0 radical (unpaired) electrons. The Morgan fingerprint density at radius 2 is 1.76 bits per heavy atom. The zero-order chi connectivity index (χ0) is 22.0. The van der Waals surface area contributed by atoms with Crippen molar-refractivity contribution in [2.24, 2.45) is 5.92 Å². The lowest BCUT2D eigenvalue weighted by Gasteiger charge is -2.29. The van der Waals surface area contributed by atoms with E-state index in [9.17, 15) is 14.4 Å². The molecule has 162 valence electrons. The summed E-state index contributed by atoms with van der Waals surface area (Å²) in [7, 11) is 0. The molecule has 0 fully saturated rings. The average molecular weight is 471 g/mol. The van der Waals surface area contributed by atoms with Gasteiger partial charge in [-0.05, 0) is 32.3 Å². The van der Waals surface area contributed by atoms with E-state index in [1.807, 2.05) is 44.2 Å². The number of halogens is 1. The first-order valence-electron chi connectivity index (χ1n) is 9.63. The van der Waals surface area contributed by atoms with Crippen LogP contribution in [0.3, 0.4) is 0 Å².